The Labute approximate surface area is 237 Å². The first-order chi connectivity index (χ1) is 16.8. The molecule has 1 aliphatic rings. The number of hydrogen-bond acceptors (Lipinski definition) is 3. The van der Waals surface area contributed by atoms with Crippen LogP contribution in [0.3, 0.4) is 0 Å². The van der Waals surface area contributed by atoms with Crippen molar-refractivity contribution in [3.63, 3.8) is 0 Å². The molecule has 4 rings (SSSR count). The summed E-state index contributed by atoms with van der Waals surface area (Å²) >= 11 is 0. The number of aromatic nitrogens is 1. The molecule has 2 aromatic carbocycles. The van der Waals surface area contributed by atoms with Crippen LogP contribution in [0.15, 0.2) is 48.4 Å². The van der Waals surface area contributed by atoms with Crippen molar-refractivity contribution >= 4 is 28.7 Å². The van der Waals surface area contributed by atoms with Gasteiger partial charge in [-0.05, 0) is 53.3 Å². The van der Waals surface area contributed by atoms with Crippen molar-refractivity contribution in [2.45, 2.75) is 74.7 Å². The maximum absolute atomic E-state index is 11.7. The average Bonchev–Trinajstić information content (AvgIpc) is 3.25. The second-order valence-electron chi connectivity index (χ2n) is 9.42. The second-order valence-corrected chi connectivity index (χ2v) is 9.42. The molecular weight excluding hydrogens is 635 g/mol. The van der Waals surface area contributed by atoms with Crippen LogP contribution in [0.4, 0.5) is 0 Å². The first-order valence-electron chi connectivity index (χ1n) is 12.9. The summed E-state index contributed by atoms with van der Waals surface area (Å²) in [6.07, 6.45) is 11.2. The van der Waals surface area contributed by atoms with Crippen LogP contribution in [0, 0.1) is 31.7 Å². The summed E-state index contributed by atoms with van der Waals surface area (Å²) in [6.45, 7) is 12.3. The van der Waals surface area contributed by atoms with Gasteiger partial charge in [-0.15, -0.1) is 34.9 Å². The summed E-state index contributed by atoms with van der Waals surface area (Å²) in [6, 6.07) is 14.2. The number of carbonyl (C=O) groups is 1. The number of benzene rings is 2. The van der Waals surface area contributed by atoms with Gasteiger partial charge in [0.2, 0.25) is 0 Å². The SMILES string of the molecule is C.CCC(CC)C(=O)C=C(O)C(CC)CC.Cc1[c-]c(-c2ncc3c4c(cccc24)C=C3)cc(C)c1.[Ir]. The molecule has 1 aromatic heterocycles. The van der Waals surface area contributed by atoms with E-state index in [-0.39, 0.29) is 50.9 Å². The van der Waals surface area contributed by atoms with E-state index in [0.29, 0.717) is 0 Å². The predicted octanol–water partition coefficient (Wildman–Crippen LogP) is 9.31. The zero-order valence-electron chi connectivity index (χ0n) is 22.3. The van der Waals surface area contributed by atoms with Crippen LogP contribution in [0.25, 0.3) is 34.2 Å². The number of hydrogen-bond donors (Lipinski definition) is 1. The van der Waals surface area contributed by atoms with Crippen LogP contribution in [-0.4, -0.2) is 15.9 Å². The number of allylic oxidation sites excluding steroid dienone is 2. The number of aliphatic hydroxyl groups is 1. The maximum atomic E-state index is 11.7. The first kappa shape index (κ1) is 32.5. The van der Waals surface area contributed by atoms with E-state index in [1.54, 1.807) is 0 Å². The van der Waals surface area contributed by atoms with E-state index < -0.39 is 0 Å². The van der Waals surface area contributed by atoms with Gasteiger partial charge < -0.3 is 10.1 Å². The Morgan fingerprint density at radius 1 is 0.973 bits per heavy atom. The van der Waals surface area contributed by atoms with Crippen molar-refractivity contribution in [3.05, 3.63) is 76.7 Å². The topological polar surface area (TPSA) is 50.2 Å². The van der Waals surface area contributed by atoms with Gasteiger partial charge in [0.05, 0.1) is 5.76 Å². The normalized spacial score (nSPS) is 11.7. The van der Waals surface area contributed by atoms with Crippen molar-refractivity contribution in [1.82, 2.24) is 4.98 Å². The van der Waals surface area contributed by atoms with E-state index >= 15 is 0 Å². The van der Waals surface area contributed by atoms with Gasteiger partial charge in [-0.25, -0.2) is 0 Å². The maximum Gasteiger partial charge on any atom is 0.162 e. The minimum atomic E-state index is 0. The Morgan fingerprint density at radius 2 is 1.59 bits per heavy atom. The van der Waals surface area contributed by atoms with E-state index in [9.17, 15) is 9.90 Å². The van der Waals surface area contributed by atoms with Gasteiger partial charge >= 0.3 is 0 Å². The van der Waals surface area contributed by atoms with E-state index in [0.717, 1.165) is 42.5 Å². The minimum absolute atomic E-state index is 0. The summed E-state index contributed by atoms with van der Waals surface area (Å²) in [5.74, 6) is 0.547. The smallest absolute Gasteiger partial charge is 0.162 e. The number of pyridine rings is 1. The molecule has 1 aliphatic carbocycles. The summed E-state index contributed by atoms with van der Waals surface area (Å²) in [5, 5.41) is 12.3. The molecule has 0 fully saturated rings. The number of aliphatic hydroxyl groups excluding tert-OH is 1. The number of aryl methyl sites for hydroxylation is 2. The van der Waals surface area contributed by atoms with Gasteiger partial charge in [-0.1, -0.05) is 79.3 Å². The van der Waals surface area contributed by atoms with Gasteiger partial charge in [-0.3, -0.25) is 4.79 Å². The largest absolute Gasteiger partial charge is 0.512 e. The molecule has 1 N–H and O–H groups in total. The van der Waals surface area contributed by atoms with Gasteiger partial charge in [0.15, 0.2) is 5.78 Å². The van der Waals surface area contributed by atoms with Crippen LogP contribution in [0.2, 0.25) is 0 Å². The molecule has 1 radical (unpaired) electrons. The Morgan fingerprint density at radius 3 is 2.19 bits per heavy atom. The zero-order chi connectivity index (χ0) is 25.5. The van der Waals surface area contributed by atoms with E-state index in [2.05, 4.69) is 67.4 Å². The Hall–Kier alpha value is -2.55. The molecule has 3 aromatic rings. The predicted molar refractivity (Wildman–Crippen MR) is 155 cm³/mol. The molecule has 0 amide bonds. The quantitative estimate of drug-likeness (QED) is 0.115. The van der Waals surface area contributed by atoms with Gasteiger partial charge in [0.25, 0.3) is 0 Å². The molecule has 3 nitrogen and oxygen atoms in total. The van der Waals surface area contributed by atoms with Crippen molar-refractivity contribution in [1.29, 1.82) is 0 Å². The Bertz CT molecular complexity index is 1220. The molecule has 0 spiro atoms. The standard InChI is InChI=1S/C19H14N.C13H24O2.CH4.Ir/c1-12-8-13(2)10-16(9-12)19-17-5-3-4-14-6-7-15(11-20-19)18(14)17;1-5-10(6-2)12(14)9-13(15)11(7-3)8-4;;/h3-9,11H,1-2H3;9-11,14H,5-8H2,1-4H3;1H4;/q-1;;;. The van der Waals surface area contributed by atoms with Crippen molar-refractivity contribution in [2.24, 2.45) is 11.8 Å². The molecule has 4 heteroatoms. The molecule has 1 heterocycles. The van der Waals surface area contributed by atoms with Crippen molar-refractivity contribution in [2.75, 3.05) is 0 Å². The van der Waals surface area contributed by atoms with E-state index in [1.165, 1.54) is 33.5 Å². The monoisotopic (exact) mass is 677 g/mol. The molecule has 0 aliphatic heterocycles. The summed E-state index contributed by atoms with van der Waals surface area (Å²) in [4.78, 5) is 16.4. The van der Waals surface area contributed by atoms with E-state index in [4.69, 9.17) is 0 Å². The molecular formula is C33H42IrNO2-. The third-order valence-electron chi connectivity index (χ3n) is 6.90. The van der Waals surface area contributed by atoms with Gasteiger partial charge in [-0.2, -0.15) is 0 Å². The van der Waals surface area contributed by atoms with E-state index in [1.807, 2.05) is 33.9 Å². The minimum Gasteiger partial charge on any atom is -0.512 e. The van der Waals surface area contributed by atoms with Crippen LogP contribution in [0.5, 0.6) is 0 Å². The van der Waals surface area contributed by atoms with Crippen LogP contribution < -0.4 is 0 Å². The fraction of sp³-hybridized carbons (Fsp3) is 0.394. The van der Waals surface area contributed by atoms with Crippen molar-refractivity contribution < 1.29 is 30.0 Å². The third kappa shape index (κ3) is 7.72. The average molecular weight is 677 g/mol. The molecule has 0 saturated carbocycles. The summed E-state index contributed by atoms with van der Waals surface area (Å²) < 4.78 is 0. The number of ketones is 1. The molecule has 201 valence electrons. The molecule has 37 heavy (non-hydrogen) atoms. The molecule has 0 unspecified atom stereocenters. The van der Waals surface area contributed by atoms with Gasteiger partial charge in [0.1, 0.15) is 0 Å². The summed E-state index contributed by atoms with van der Waals surface area (Å²) in [5.41, 5.74) is 7.01. The van der Waals surface area contributed by atoms with Crippen molar-refractivity contribution in [3.8, 4) is 11.3 Å². The van der Waals surface area contributed by atoms with Crippen LogP contribution >= 0.6 is 0 Å². The van der Waals surface area contributed by atoms with Gasteiger partial charge in [0, 0.05) is 44.2 Å². The van der Waals surface area contributed by atoms with Crippen LogP contribution in [0.1, 0.15) is 83.1 Å². The molecule has 0 atom stereocenters. The summed E-state index contributed by atoms with van der Waals surface area (Å²) in [7, 11) is 0. The zero-order valence-corrected chi connectivity index (χ0v) is 24.7. The fourth-order valence-corrected chi connectivity index (χ4v) is 4.82. The number of rotatable bonds is 8. The molecule has 0 saturated heterocycles. The third-order valence-corrected chi connectivity index (χ3v) is 6.90. The first-order valence-corrected chi connectivity index (χ1v) is 12.9. The van der Waals surface area contributed by atoms with Crippen LogP contribution in [-0.2, 0) is 24.9 Å². The number of carbonyl (C=O) groups excluding carboxylic acids is 1. The molecule has 0 bridgehead atoms. The Balaban J connectivity index is 0.000000368. The Kier molecular flexibility index (Phi) is 13.2. The number of nitrogens with zero attached hydrogens (tertiary/aromatic N) is 1. The fourth-order valence-electron chi connectivity index (χ4n) is 4.82. The second kappa shape index (κ2) is 15.0.